The van der Waals surface area contributed by atoms with Crippen LogP contribution in [-0.2, 0) is 0 Å². The average molecular weight is 237 g/mol. The topological polar surface area (TPSA) is 72.5 Å². The van der Waals surface area contributed by atoms with Gasteiger partial charge in [-0.1, -0.05) is 0 Å². The summed E-state index contributed by atoms with van der Waals surface area (Å²) in [7, 11) is 1.59. The lowest BCUT2D eigenvalue weighted by Gasteiger charge is -2.16. The van der Waals surface area contributed by atoms with Crippen LogP contribution in [0.5, 0.6) is 5.75 Å². The number of nitrogens with two attached hydrogens (primary N) is 1. The molecule has 0 fully saturated rings. The number of benzene rings is 1. The second-order valence-corrected chi connectivity index (χ2v) is 4.14. The van der Waals surface area contributed by atoms with E-state index >= 15 is 0 Å². The molecule has 0 amide bonds. The fraction of sp³-hybridized carbons (Fsp3) is 0.462. The summed E-state index contributed by atoms with van der Waals surface area (Å²) >= 11 is 0. The van der Waals surface area contributed by atoms with Gasteiger partial charge in [-0.2, -0.15) is 0 Å². The van der Waals surface area contributed by atoms with Gasteiger partial charge in [-0.15, -0.1) is 0 Å². The number of aryl methyl sites for hydroxylation is 1. The average Bonchev–Trinajstić information content (AvgIpc) is 2.32. The molecular weight excluding hydrogens is 218 g/mol. The van der Waals surface area contributed by atoms with E-state index in [9.17, 15) is 9.90 Å². The fourth-order valence-electron chi connectivity index (χ4n) is 1.91. The molecule has 1 rings (SSSR count). The minimum Gasteiger partial charge on any atom is -0.496 e. The molecule has 1 unspecified atom stereocenters. The quantitative estimate of drug-likeness (QED) is 0.770. The van der Waals surface area contributed by atoms with Crippen molar-refractivity contribution >= 4 is 5.78 Å². The molecule has 17 heavy (non-hydrogen) atoms. The van der Waals surface area contributed by atoms with Crippen molar-refractivity contribution in [2.75, 3.05) is 13.7 Å². The number of ketones is 1. The Morgan fingerprint density at radius 3 is 2.47 bits per heavy atom. The Balaban J connectivity index is 3.35. The van der Waals surface area contributed by atoms with Crippen molar-refractivity contribution in [3.63, 3.8) is 0 Å². The number of Topliss-reactive ketones (excluding diaryl/α,β-unsaturated/α-hetero) is 1. The molecular formula is C13H19NO3. The van der Waals surface area contributed by atoms with Crippen molar-refractivity contribution in [1.29, 1.82) is 0 Å². The Morgan fingerprint density at radius 1 is 1.41 bits per heavy atom. The van der Waals surface area contributed by atoms with Crippen molar-refractivity contribution in [2.24, 2.45) is 5.73 Å². The first kappa shape index (κ1) is 13.7. The molecule has 3 N–H and O–H groups in total. The molecule has 4 nitrogen and oxygen atoms in total. The van der Waals surface area contributed by atoms with Gasteiger partial charge >= 0.3 is 0 Å². The molecule has 0 spiro atoms. The zero-order valence-corrected chi connectivity index (χ0v) is 10.7. The molecule has 94 valence electrons. The second kappa shape index (κ2) is 5.29. The Hall–Kier alpha value is -1.39. The van der Waals surface area contributed by atoms with Crippen LogP contribution in [0.1, 0.15) is 27.0 Å². The van der Waals surface area contributed by atoms with Crippen LogP contribution < -0.4 is 10.5 Å². The third kappa shape index (κ3) is 2.48. The van der Waals surface area contributed by atoms with Gasteiger partial charge in [-0.25, -0.2) is 0 Å². The molecule has 0 aliphatic rings. The molecule has 1 aromatic carbocycles. The van der Waals surface area contributed by atoms with E-state index < -0.39 is 6.10 Å². The van der Waals surface area contributed by atoms with Gasteiger partial charge in [0.15, 0.2) is 5.78 Å². The summed E-state index contributed by atoms with van der Waals surface area (Å²) < 4.78 is 5.23. The highest BCUT2D eigenvalue weighted by molar-refractivity contribution is 6.02. The third-order valence-corrected chi connectivity index (χ3v) is 3.04. The molecule has 0 aliphatic heterocycles. The normalized spacial score (nSPS) is 12.4. The first-order valence-electron chi connectivity index (χ1n) is 5.51. The van der Waals surface area contributed by atoms with Crippen LogP contribution in [0.25, 0.3) is 0 Å². The zero-order chi connectivity index (χ0) is 13.2. The Kier molecular flexibility index (Phi) is 4.26. The standard InChI is InChI=1S/C13H19NO3/c1-7-5-11(17-4)8(2)9(3)12(7)13(16)10(15)6-14/h5,10,15H,6,14H2,1-4H3. The van der Waals surface area contributed by atoms with E-state index in [-0.39, 0.29) is 12.3 Å². The van der Waals surface area contributed by atoms with Crippen LogP contribution in [-0.4, -0.2) is 30.6 Å². The number of hydrogen-bond donors (Lipinski definition) is 2. The van der Waals surface area contributed by atoms with Crippen LogP contribution >= 0.6 is 0 Å². The van der Waals surface area contributed by atoms with E-state index in [1.165, 1.54) is 0 Å². The summed E-state index contributed by atoms with van der Waals surface area (Å²) in [6, 6.07) is 1.80. The van der Waals surface area contributed by atoms with E-state index in [0.717, 1.165) is 22.4 Å². The third-order valence-electron chi connectivity index (χ3n) is 3.04. The largest absolute Gasteiger partial charge is 0.496 e. The maximum Gasteiger partial charge on any atom is 0.193 e. The molecule has 1 aromatic rings. The summed E-state index contributed by atoms with van der Waals surface area (Å²) in [5.41, 5.74) is 8.39. The first-order valence-corrected chi connectivity index (χ1v) is 5.51. The molecule has 0 bridgehead atoms. The first-order chi connectivity index (χ1) is 7.93. The van der Waals surface area contributed by atoms with Gasteiger partial charge in [0, 0.05) is 12.1 Å². The molecule has 1 atom stereocenters. The number of aliphatic hydroxyl groups is 1. The Morgan fingerprint density at radius 2 is 2.00 bits per heavy atom. The van der Waals surface area contributed by atoms with E-state index in [4.69, 9.17) is 10.5 Å². The van der Waals surface area contributed by atoms with Crippen molar-refractivity contribution < 1.29 is 14.6 Å². The van der Waals surface area contributed by atoms with Crippen molar-refractivity contribution in [3.8, 4) is 5.75 Å². The highest BCUT2D eigenvalue weighted by Crippen LogP contribution is 2.28. The molecule has 4 heteroatoms. The summed E-state index contributed by atoms with van der Waals surface area (Å²) in [6.45, 7) is 5.49. The predicted octanol–water partition coefficient (Wildman–Crippen LogP) is 1.12. The number of aliphatic hydroxyl groups excluding tert-OH is 1. The van der Waals surface area contributed by atoms with Crippen LogP contribution in [0, 0.1) is 20.8 Å². The van der Waals surface area contributed by atoms with E-state index in [2.05, 4.69) is 0 Å². The van der Waals surface area contributed by atoms with Gasteiger partial charge in [0.25, 0.3) is 0 Å². The number of carbonyl (C=O) groups excluding carboxylic acids is 1. The zero-order valence-electron chi connectivity index (χ0n) is 10.7. The summed E-state index contributed by atoms with van der Waals surface area (Å²) in [4.78, 5) is 12.0. The number of carbonyl (C=O) groups is 1. The van der Waals surface area contributed by atoms with Crippen molar-refractivity contribution in [1.82, 2.24) is 0 Å². The van der Waals surface area contributed by atoms with Gasteiger partial charge in [-0.05, 0) is 43.5 Å². The van der Waals surface area contributed by atoms with Gasteiger partial charge in [0.05, 0.1) is 7.11 Å². The number of hydrogen-bond acceptors (Lipinski definition) is 4. The molecule has 0 aromatic heterocycles. The van der Waals surface area contributed by atoms with Crippen LogP contribution in [0.15, 0.2) is 6.07 Å². The summed E-state index contributed by atoms with van der Waals surface area (Å²) in [6.07, 6.45) is -1.14. The number of methoxy groups -OCH3 is 1. The SMILES string of the molecule is COc1cc(C)c(C(=O)C(O)CN)c(C)c1C. The lowest BCUT2D eigenvalue weighted by molar-refractivity contribution is 0.0761. The minimum atomic E-state index is -1.14. The predicted molar refractivity (Wildman–Crippen MR) is 66.6 cm³/mol. The van der Waals surface area contributed by atoms with Gasteiger partial charge in [0.2, 0.25) is 0 Å². The monoisotopic (exact) mass is 237 g/mol. The fourth-order valence-corrected chi connectivity index (χ4v) is 1.91. The van der Waals surface area contributed by atoms with Crippen LogP contribution in [0.4, 0.5) is 0 Å². The maximum atomic E-state index is 12.0. The Bertz CT molecular complexity index is 441. The van der Waals surface area contributed by atoms with Gasteiger partial charge < -0.3 is 15.6 Å². The smallest absolute Gasteiger partial charge is 0.193 e. The highest BCUT2D eigenvalue weighted by Gasteiger charge is 2.21. The minimum absolute atomic E-state index is 0.0667. The molecule has 0 saturated carbocycles. The number of rotatable bonds is 4. The molecule has 0 saturated heterocycles. The summed E-state index contributed by atoms with van der Waals surface area (Å²) in [5, 5.41) is 9.54. The van der Waals surface area contributed by atoms with E-state index in [1.54, 1.807) is 13.2 Å². The van der Waals surface area contributed by atoms with Gasteiger partial charge in [0.1, 0.15) is 11.9 Å². The lowest BCUT2D eigenvalue weighted by Crippen LogP contribution is -2.30. The van der Waals surface area contributed by atoms with Crippen molar-refractivity contribution in [2.45, 2.75) is 26.9 Å². The maximum absolute atomic E-state index is 12.0. The molecule has 0 aliphatic carbocycles. The van der Waals surface area contributed by atoms with Gasteiger partial charge in [-0.3, -0.25) is 4.79 Å². The molecule has 0 heterocycles. The second-order valence-electron chi connectivity index (χ2n) is 4.14. The summed E-state index contributed by atoms with van der Waals surface area (Å²) in [5.74, 6) is 0.423. The van der Waals surface area contributed by atoms with Crippen LogP contribution in [0.2, 0.25) is 0 Å². The van der Waals surface area contributed by atoms with Crippen LogP contribution in [0.3, 0.4) is 0 Å². The van der Waals surface area contributed by atoms with E-state index in [1.807, 2.05) is 20.8 Å². The van der Waals surface area contributed by atoms with Crippen molar-refractivity contribution in [3.05, 3.63) is 28.3 Å². The molecule has 0 radical (unpaired) electrons. The highest BCUT2D eigenvalue weighted by atomic mass is 16.5. The Labute approximate surface area is 101 Å². The lowest BCUT2D eigenvalue weighted by atomic mass is 9.92. The number of ether oxygens (including phenoxy) is 1. The van der Waals surface area contributed by atoms with E-state index in [0.29, 0.717) is 5.56 Å².